The van der Waals surface area contributed by atoms with E-state index < -0.39 is 0 Å². The van der Waals surface area contributed by atoms with Gasteiger partial charge in [-0.1, -0.05) is 6.58 Å². The molecule has 0 aliphatic carbocycles. The maximum absolute atomic E-state index is 10.9. The number of carbonyl (C=O) groups excluding carboxylic acids is 1. The van der Waals surface area contributed by atoms with E-state index in [0.29, 0.717) is 12.0 Å². The van der Waals surface area contributed by atoms with Crippen molar-refractivity contribution in [3.63, 3.8) is 0 Å². The van der Waals surface area contributed by atoms with Gasteiger partial charge in [-0.15, -0.1) is 0 Å². The zero-order valence-corrected chi connectivity index (χ0v) is 7.03. The zero-order chi connectivity index (χ0) is 8.15. The molecule has 0 aliphatic rings. The standard InChI is InChI=1S/C8H15NO/c1-7(2)8(10)5-6-9(3)4/h1,5-6H2,2-4H3/p+1. The van der Waals surface area contributed by atoms with Crippen molar-refractivity contribution < 1.29 is 9.69 Å². The van der Waals surface area contributed by atoms with Crippen LogP contribution in [0, 0.1) is 0 Å². The van der Waals surface area contributed by atoms with Gasteiger partial charge < -0.3 is 4.90 Å². The average molecular weight is 142 g/mol. The van der Waals surface area contributed by atoms with Gasteiger partial charge in [0.25, 0.3) is 0 Å². The first-order valence-electron chi connectivity index (χ1n) is 3.51. The highest BCUT2D eigenvalue weighted by molar-refractivity contribution is 5.94. The number of nitrogens with one attached hydrogen (secondary N) is 1. The van der Waals surface area contributed by atoms with Gasteiger partial charge in [0.2, 0.25) is 0 Å². The molecule has 0 unspecified atom stereocenters. The molecule has 0 aromatic rings. The van der Waals surface area contributed by atoms with Crippen molar-refractivity contribution in [1.82, 2.24) is 0 Å². The fraction of sp³-hybridized carbons (Fsp3) is 0.625. The van der Waals surface area contributed by atoms with Crippen LogP contribution in [0.2, 0.25) is 0 Å². The van der Waals surface area contributed by atoms with Crippen molar-refractivity contribution in [2.24, 2.45) is 0 Å². The first kappa shape index (κ1) is 9.37. The molecule has 0 spiro atoms. The Bertz CT molecular complexity index is 138. The van der Waals surface area contributed by atoms with Gasteiger partial charge in [0.15, 0.2) is 5.78 Å². The highest BCUT2D eigenvalue weighted by atomic mass is 16.1. The van der Waals surface area contributed by atoms with Gasteiger partial charge in [0.1, 0.15) is 0 Å². The number of hydrogen-bond donors (Lipinski definition) is 1. The van der Waals surface area contributed by atoms with Gasteiger partial charge in [-0.05, 0) is 12.5 Å². The molecule has 58 valence electrons. The molecule has 10 heavy (non-hydrogen) atoms. The van der Waals surface area contributed by atoms with Crippen molar-refractivity contribution in [2.45, 2.75) is 13.3 Å². The molecule has 0 saturated carbocycles. The first-order valence-corrected chi connectivity index (χ1v) is 3.51. The zero-order valence-electron chi connectivity index (χ0n) is 7.03. The second-order valence-electron chi connectivity index (χ2n) is 2.91. The molecule has 0 atom stereocenters. The summed E-state index contributed by atoms with van der Waals surface area (Å²) in [5.41, 5.74) is 0.668. The van der Waals surface area contributed by atoms with Crippen LogP contribution in [0.15, 0.2) is 12.2 Å². The predicted octanol–water partition coefficient (Wildman–Crippen LogP) is -0.334. The molecule has 1 N–H and O–H groups in total. The molecular weight excluding hydrogens is 126 g/mol. The Hall–Kier alpha value is -0.630. The molecule has 0 fully saturated rings. The summed E-state index contributed by atoms with van der Waals surface area (Å²) >= 11 is 0. The fourth-order valence-electron chi connectivity index (χ4n) is 0.577. The van der Waals surface area contributed by atoms with Crippen LogP contribution in [0.4, 0.5) is 0 Å². The first-order chi connectivity index (χ1) is 4.54. The number of carbonyl (C=O) groups is 1. The number of hydrogen-bond acceptors (Lipinski definition) is 1. The molecule has 0 aromatic carbocycles. The smallest absolute Gasteiger partial charge is 0.163 e. The summed E-state index contributed by atoms with van der Waals surface area (Å²) in [6.07, 6.45) is 0.623. The summed E-state index contributed by atoms with van der Waals surface area (Å²) in [6, 6.07) is 0. The van der Waals surface area contributed by atoms with Crippen LogP contribution in [0.1, 0.15) is 13.3 Å². The van der Waals surface area contributed by atoms with E-state index in [1.165, 1.54) is 4.90 Å². The average Bonchev–Trinajstić information content (AvgIpc) is 1.82. The molecular formula is C8H16NO+. The molecule has 2 heteroatoms. The summed E-state index contributed by atoms with van der Waals surface area (Å²) in [6.45, 7) is 6.23. The Morgan fingerprint density at radius 3 is 2.30 bits per heavy atom. The van der Waals surface area contributed by atoms with E-state index in [1.807, 2.05) is 14.1 Å². The molecule has 0 saturated heterocycles. The summed E-state index contributed by atoms with van der Waals surface area (Å²) in [5, 5.41) is 0. The number of rotatable bonds is 4. The maximum Gasteiger partial charge on any atom is 0.163 e. The van der Waals surface area contributed by atoms with Crippen LogP contribution in [-0.2, 0) is 4.79 Å². The molecule has 0 aliphatic heterocycles. The fourth-order valence-corrected chi connectivity index (χ4v) is 0.577. The number of allylic oxidation sites excluding steroid dienone is 1. The number of Topliss-reactive ketones (excluding diaryl/α,β-unsaturated/α-hetero) is 1. The molecule has 2 nitrogen and oxygen atoms in total. The third-order valence-corrected chi connectivity index (χ3v) is 1.33. The van der Waals surface area contributed by atoms with E-state index in [0.717, 1.165) is 6.54 Å². The van der Waals surface area contributed by atoms with Gasteiger partial charge in [-0.3, -0.25) is 4.79 Å². The Labute approximate surface area is 62.5 Å². The van der Waals surface area contributed by atoms with Gasteiger partial charge in [-0.25, -0.2) is 0 Å². The monoisotopic (exact) mass is 142 g/mol. The van der Waals surface area contributed by atoms with Crippen LogP contribution >= 0.6 is 0 Å². The van der Waals surface area contributed by atoms with Gasteiger partial charge in [-0.2, -0.15) is 0 Å². The van der Waals surface area contributed by atoms with Crippen LogP contribution in [0.5, 0.6) is 0 Å². The molecule has 0 radical (unpaired) electrons. The quantitative estimate of drug-likeness (QED) is 0.533. The SMILES string of the molecule is C=C(C)C(=O)CC[NH+](C)C. The lowest BCUT2D eigenvalue weighted by molar-refractivity contribution is -0.857. The van der Waals surface area contributed by atoms with Gasteiger partial charge in [0.05, 0.1) is 27.1 Å². The highest BCUT2D eigenvalue weighted by Crippen LogP contribution is 1.91. The Balaban J connectivity index is 3.50. The Morgan fingerprint density at radius 1 is 1.50 bits per heavy atom. The minimum Gasteiger partial charge on any atom is -0.339 e. The van der Waals surface area contributed by atoms with Crippen molar-refractivity contribution >= 4 is 5.78 Å². The van der Waals surface area contributed by atoms with E-state index in [4.69, 9.17) is 0 Å². The second kappa shape index (κ2) is 4.23. The van der Waals surface area contributed by atoms with Crippen LogP contribution in [0.3, 0.4) is 0 Å². The summed E-state index contributed by atoms with van der Waals surface area (Å²) in [7, 11) is 4.07. The summed E-state index contributed by atoms with van der Waals surface area (Å²) in [5.74, 6) is 0.182. The maximum atomic E-state index is 10.9. The summed E-state index contributed by atoms with van der Waals surface area (Å²) in [4.78, 5) is 12.2. The van der Waals surface area contributed by atoms with Crippen LogP contribution in [0.25, 0.3) is 0 Å². The molecule has 0 amide bonds. The second-order valence-corrected chi connectivity index (χ2v) is 2.91. The number of ketones is 1. The Morgan fingerprint density at radius 2 is 2.00 bits per heavy atom. The lowest BCUT2D eigenvalue weighted by atomic mass is 10.1. The van der Waals surface area contributed by atoms with Crippen molar-refractivity contribution in [3.8, 4) is 0 Å². The van der Waals surface area contributed by atoms with Crippen molar-refractivity contribution in [1.29, 1.82) is 0 Å². The lowest BCUT2D eigenvalue weighted by Crippen LogP contribution is -3.05. The molecule has 0 bridgehead atoms. The minimum absolute atomic E-state index is 0.182. The van der Waals surface area contributed by atoms with Gasteiger partial charge >= 0.3 is 0 Å². The van der Waals surface area contributed by atoms with E-state index in [-0.39, 0.29) is 5.78 Å². The van der Waals surface area contributed by atoms with Crippen LogP contribution < -0.4 is 4.90 Å². The third kappa shape index (κ3) is 4.27. The lowest BCUT2D eigenvalue weighted by Gasteiger charge is -2.04. The van der Waals surface area contributed by atoms with E-state index >= 15 is 0 Å². The normalized spacial score (nSPS) is 10.0. The van der Waals surface area contributed by atoms with E-state index in [1.54, 1.807) is 6.92 Å². The molecule has 0 heterocycles. The predicted molar refractivity (Wildman–Crippen MR) is 42.1 cm³/mol. The van der Waals surface area contributed by atoms with E-state index in [2.05, 4.69) is 6.58 Å². The third-order valence-electron chi connectivity index (χ3n) is 1.33. The highest BCUT2D eigenvalue weighted by Gasteiger charge is 2.03. The largest absolute Gasteiger partial charge is 0.339 e. The summed E-state index contributed by atoms with van der Waals surface area (Å²) < 4.78 is 0. The topological polar surface area (TPSA) is 21.5 Å². The van der Waals surface area contributed by atoms with E-state index in [9.17, 15) is 4.79 Å². The van der Waals surface area contributed by atoms with Gasteiger partial charge in [0, 0.05) is 0 Å². The molecule has 0 rings (SSSR count). The molecule has 0 aromatic heterocycles. The number of quaternary nitrogens is 1. The Kier molecular flexibility index (Phi) is 3.96. The van der Waals surface area contributed by atoms with Crippen LogP contribution in [-0.4, -0.2) is 26.4 Å². The van der Waals surface area contributed by atoms with Crippen molar-refractivity contribution in [2.75, 3.05) is 20.6 Å². The van der Waals surface area contributed by atoms with Crippen molar-refractivity contribution in [3.05, 3.63) is 12.2 Å². The minimum atomic E-state index is 0.182.